The number of nitrogen functional groups attached to an aromatic ring is 1. The Labute approximate surface area is 147 Å². The first-order chi connectivity index (χ1) is 12.2. The Hall–Kier alpha value is -3.14. The van der Waals surface area contributed by atoms with E-state index >= 15 is 0 Å². The Bertz CT molecular complexity index is 917. The van der Waals surface area contributed by atoms with Crippen molar-refractivity contribution in [1.29, 1.82) is 0 Å². The Morgan fingerprint density at radius 1 is 1.16 bits per heavy atom. The van der Waals surface area contributed by atoms with Crippen LogP contribution in [0.25, 0.3) is 17.0 Å². The number of pyridine rings is 1. The molecule has 3 N–H and O–H groups in total. The first kappa shape index (κ1) is 16.7. The van der Waals surface area contributed by atoms with Crippen molar-refractivity contribution in [1.82, 2.24) is 4.98 Å². The minimum Gasteiger partial charge on any atom is -0.398 e. The molecule has 3 aromatic rings. The van der Waals surface area contributed by atoms with Crippen molar-refractivity contribution in [2.75, 3.05) is 11.1 Å². The number of amides is 1. The topological polar surface area (TPSA) is 68.0 Å². The highest BCUT2D eigenvalue weighted by Crippen LogP contribution is 2.24. The fourth-order valence-electron chi connectivity index (χ4n) is 2.69. The first-order valence-electron chi connectivity index (χ1n) is 8.39. The molecule has 3 rings (SSSR count). The monoisotopic (exact) mass is 331 g/mol. The van der Waals surface area contributed by atoms with Gasteiger partial charge in [-0.25, -0.2) is 0 Å². The molecule has 0 bridgehead atoms. The van der Waals surface area contributed by atoms with Crippen LogP contribution in [-0.4, -0.2) is 10.9 Å². The zero-order valence-electron chi connectivity index (χ0n) is 14.2. The Morgan fingerprint density at radius 2 is 1.96 bits per heavy atom. The van der Waals surface area contributed by atoms with Crippen LogP contribution in [0.5, 0.6) is 0 Å². The summed E-state index contributed by atoms with van der Waals surface area (Å²) in [5, 5.41) is 3.71. The fourth-order valence-corrected chi connectivity index (χ4v) is 2.69. The van der Waals surface area contributed by atoms with Crippen LogP contribution in [-0.2, 0) is 11.2 Å². The van der Waals surface area contributed by atoms with Gasteiger partial charge in [-0.15, -0.1) is 0 Å². The normalized spacial score (nSPS) is 11.1. The van der Waals surface area contributed by atoms with E-state index in [1.165, 1.54) is 6.08 Å². The van der Waals surface area contributed by atoms with Gasteiger partial charge in [0.15, 0.2) is 0 Å². The molecule has 126 valence electrons. The lowest BCUT2D eigenvalue weighted by atomic mass is 10.1. The third kappa shape index (κ3) is 4.23. The van der Waals surface area contributed by atoms with E-state index < -0.39 is 0 Å². The summed E-state index contributed by atoms with van der Waals surface area (Å²) in [6, 6.07) is 17.2. The molecule has 0 atom stereocenters. The molecular formula is C21H21N3O. The van der Waals surface area contributed by atoms with Gasteiger partial charge in [-0.2, -0.15) is 0 Å². The van der Waals surface area contributed by atoms with E-state index in [4.69, 9.17) is 5.73 Å². The second-order valence-corrected chi connectivity index (χ2v) is 5.92. The molecule has 0 aliphatic carbocycles. The molecule has 0 fully saturated rings. The largest absolute Gasteiger partial charge is 0.398 e. The molecule has 4 heteroatoms. The fraction of sp³-hybridized carbons (Fsp3) is 0.143. The van der Waals surface area contributed by atoms with Gasteiger partial charge >= 0.3 is 0 Å². The van der Waals surface area contributed by atoms with Gasteiger partial charge in [-0.3, -0.25) is 9.78 Å². The summed E-state index contributed by atoms with van der Waals surface area (Å²) >= 11 is 0. The maximum absolute atomic E-state index is 12.1. The van der Waals surface area contributed by atoms with E-state index in [1.54, 1.807) is 6.08 Å². The highest BCUT2D eigenvalue weighted by atomic mass is 16.1. The second-order valence-electron chi connectivity index (χ2n) is 5.92. The maximum atomic E-state index is 12.1. The minimum atomic E-state index is -0.183. The molecule has 4 nitrogen and oxygen atoms in total. The van der Waals surface area contributed by atoms with Crippen LogP contribution in [0.4, 0.5) is 11.4 Å². The van der Waals surface area contributed by atoms with Crippen molar-refractivity contribution in [2.45, 2.75) is 19.8 Å². The maximum Gasteiger partial charge on any atom is 0.248 e. The zero-order valence-corrected chi connectivity index (χ0v) is 14.2. The van der Waals surface area contributed by atoms with Gasteiger partial charge in [0.25, 0.3) is 0 Å². The summed E-state index contributed by atoms with van der Waals surface area (Å²) in [6.45, 7) is 2.11. The number of carbonyl (C=O) groups is 1. The first-order valence-corrected chi connectivity index (χ1v) is 8.39. The Balaban J connectivity index is 1.77. The molecule has 0 unspecified atom stereocenters. The van der Waals surface area contributed by atoms with Crippen molar-refractivity contribution >= 4 is 34.3 Å². The molecule has 1 amide bonds. The molecule has 0 saturated carbocycles. The number of anilines is 2. The van der Waals surface area contributed by atoms with E-state index in [-0.39, 0.29) is 5.91 Å². The third-order valence-electron chi connectivity index (χ3n) is 3.89. The second kappa shape index (κ2) is 7.62. The van der Waals surface area contributed by atoms with E-state index in [0.29, 0.717) is 11.4 Å². The molecule has 0 radical (unpaired) electrons. The highest BCUT2D eigenvalue weighted by Gasteiger charge is 2.06. The molecule has 0 aliphatic heterocycles. The van der Waals surface area contributed by atoms with Crippen LogP contribution >= 0.6 is 0 Å². The molecule has 0 aliphatic rings. The number of nitrogens with one attached hydrogen (secondary N) is 1. The lowest BCUT2D eigenvalue weighted by Crippen LogP contribution is -2.07. The number of nitrogens with zero attached hydrogens (tertiary/aromatic N) is 1. The van der Waals surface area contributed by atoms with Gasteiger partial charge in [-0.05, 0) is 42.3 Å². The van der Waals surface area contributed by atoms with Crippen LogP contribution in [0.3, 0.4) is 0 Å². The van der Waals surface area contributed by atoms with Crippen LogP contribution < -0.4 is 11.1 Å². The number of hydrogen-bond acceptors (Lipinski definition) is 3. The average Bonchev–Trinajstić information content (AvgIpc) is 2.62. The van der Waals surface area contributed by atoms with Crippen LogP contribution in [0.1, 0.15) is 24.6 Å². The average molecular weight is 331 g/mol. The minimum absolute atomic E-state index is 0.183. The van der Waals surface area contributed by atoms with E-state index in [0.717, 1.165) is 35.0 Å². The predicted molar refractivity (Wildman–Crippen MR) is 104 cm³/mol. The molecular weight excluding hydrogens is 310 g/mol. The van der Waals surface area contributed by atoms with E-state index in [2.05, 4.69) is 17.2 Å². The quantitative estimate of drug-likeness (QED) is 0.680. The van der Waals surface area contributed by atoms with Gasteiger partial charge in [-0.1, -0.05) is 43.7 Å². The molecule has 1 heterocycles. The number of aromatic nitrogens is 1. The number of fused-ring (bicyclic) bond motifs is 1. The number of nitrogens with two attached hydrogens (primary N) is 1. The lowest BCUT2D eigenvalue weighted by molar-refractivity contribution is -0.111. The van der Waals surface area contributed by atoms with Gasteiger partial charge in [0.05, 0.1) is 5.52 Å². The summed E-state index contributed by atoms with van der Waals surface area (Å²) in [5.41, 5.74) is 10.4. The number of carbonyl (C=O) groups excluding carboxylic acids is 1. The Kier molecular flexibility index (Phi) is 5.09. The van der Waals surface area contributed by atoms with E-state index in [9.17, 15) is 4.79 Å². The van der Waals surface area contributed by atoms with Crippen molar-refractivity contribution in [3.8, 4) is 0 Å². The highest BCUT2D eigenvalue weighted by molar-refractivity contribution is 6.03. The summed E-state index contributed by atoms with van der Waals surface area (Å²) < 4.78 is 0. The van der Waals surface area contributed by atoms with E-state index in [1.807, 2.05) is 54.6 Å². The van der Waals surface area contributed by atoms with Gasteiger partial charge in [0, 0.05) is 28.5 Å². The lowest BCUT2D eigenvalue weighted by Gasteiger charge is -2.08. The molecule has 0 saturated heterocycles. The summed E-state index contributed by atoms with van der Waals surface area (Å²) in [6.07, 6.45) is 5.23. The van der Waals surface area contributed by atoms with Crippen LogP contribution in [0.2, 0.25) is 0 Å². The van der Waals surface area contributed by atoms with Gasteiger partial charge in [0.2, 0.25) is 5.91 Å². The predicted octanol–water partition coefficient (Wildman–Crippen LogP) is 4.42. The summed E-state index contributed by atoms with van der Waals surface area (Å²) in [5.74, 6) is -0.183. The van der Waals surface area contributed by atoms with Crippen molar-refractivity contribution in [3.05, 3.63) is 71.9 Å². The molecule has 2 aromatic carbocycles. The number of hydrogen-bond donors (Lipinski definition) is 2. The molecule has 25 heavy (non-hydrogen) atoms. The molecule has 0 spiro atoms. The summed E-state index contributed by atoms with van der Waals surface area (Å²) in [4.78, 5) is 16.7. The third-order valence-corrected chi connectivity index (χ3v) is 3.89. The summed E-state index contributed by atoms with van der Waals surface area (Å²) in [7, 11) is 0. The number of aryl methyl sites for hydroxylation is 1. The standard InChI is InChI=1S/C21H21N3O/c1-2-6-16-14-19(22)18-13-17(10-11-20(18)23-16)24-21(25)12-9-15-7-4-3-5-8-15/h3-5,7-14H,2,6H2,1H3,(H2,22,23)(H,24,25)/b12-9+. The van der Waals surface area contributed by atoms with Crippen LogP contribution in [0, 0.1) is 0 Å². The number of rotatable bonds is 5. The smallest absolute Gasteiger partial charge is 0.248 e. The Morgan fingerprint density at radius 3 is 2.72 bits per heavy atom. The zero-order chi connectivity index (χ0) is 17.6. The SMILES string of the molecule is CCCc1cc(N)c2cc(NC(=O)/C=C/c3ccccc3)ccc2n1. The van der Waals surface area contributed by atoms with Crippen LogP contribution in [0.15, 0.2) is 60.7 Å². The number of benzene rings is 2. The van der Waals surface area contributed by atoms with Gasteiger partial charge in [0.1, 0.15) is 0 Å². The molecule has 1 aromatic heterocycles. The van der Waals surface area contributed by atoms with Crippen molar-refractivity contribution in [3.63, 3.8) is 0 Å². The van der Waals surface area contributed by atoms with Crippen molar-refractivity contribution < 1.29 is 4.79 Å². The van der Waals surface area contributed by atoms with Gasteiger partial charge < -0.3 is 11.1 Å². The van der Waals surface area contributed by atoms with Crippen molar-refractivity contribution in [2.24, 2.45) is 0 Å².